The van der Waals surface area contributed by atoms with Gasteiger partial charge in [0.05, 0.1) is 21.7 Å². The Morgan fingerprint density at radius 2 is 2.15 bits per heavy atom. The normalized spacial score (nSPS) is 17.4. The summed E-state index contributed by atoms with van der Waals surface area (Å²) in [6.45, 7) is 0.761. The maximum absolute atomic E-state index is 12.6. The molecule has 1 aliphatic rings. The lowest BCUT2D eigenvalue weighted by molar-refractivity contribution is 0.102. The van der Waals surface area contributed by atoms with E-state index in [9.17, 15) is 13.2 Å². The van der Waals surface area contributed by atoms with Crippen molar-refractivity contribution in [1.82, 2.24) is 9.71 Å². The van der Waals surface area contributed by atoms with Crippen LogP contribution in [0, 0.1) is 0 Å². The van der Waals surface area contributed by atoms with Crippen LogP contribution < -0.4 is 10.0 Å². The van der Waals surface area contributed by atoms with Crippen LogP contribution in [0.3, 0.4) is 0 Å². The molecular weight excluding hydrogens is 421 g/mol. The number of halogens is 2. The summed E-state index contributed by atoms with van der Waals surface area (Å²) in [6, 6.07) is 2.39. The van der Waals surface area contributed by atoms with E-state index < -0.39 is 15.9 Å². The van der Waals surface area contributed by atoms with E-state index in [0.717, 1.165) is 18.9 Å². The number of carbonyl (C=O) groups is 1. The lowest BCUT2D eigenvalue weighted by Gasteiger charge is -2.14. The van der Waals surface area contributed by atoms with Crippen molar-refractivity contribution in [3.8, 4) is 0 Å². The van der Waals surface area contributed by atoms with Gasteiger partial charge < -0.3 is 4.74 Å². The van der Waals surface area contributed by atoms with E-state index in [2.05, 4.69) is 15.0 Å². The maximum Gasteiger partial charge on any atom is 0.259 e. The quantitative estimate of drug-likeness (QED) is 0.725. The number of hydrogen-bond acceptors (Lipinski definition) is 6. The van der Waals surface area contributed by atoms with Gasteiger partial charge in [0.25, 0.3) is 5.91 Å². The molecule has 1 aromatic carbocycles. The van der Waals surface area contributed by atoms with Gasteiger partial charge in [0.2, 0.25) is 10.0 Å². The van der Waals surface area contributed by atoms with Gasteiger partial charge in [-0.3, -0.25) is 10.1 Å². The fourth-order valence-electron chi connectivity index (χ4n) is 2.44. The first-order valence-electron chi connectivity index (χ1n) is 7.68. The Balaban J connectivity index is 1.83. The number of amides is 1. The molecule has 2 aromatic rings. The van der Waals surface area contributed by atoms with Crippen molar-refractivity contribution < 1.29 is 17.9 Å². The maximum atomic E-state index is 12.6. The number of nitrogens with zero attached hydrogens (tertiary/aromatic N) is 1. The Labute approximate surface area is 164 Å². The lowest BCUT2D eigenvalue weighted by atomic mass is 10.2. The molecule has 0 unspecified atom stereocenters. The summed E-state index contributed by atoms with van der Waals surface area (Å²) in [4.78, 5) is 16.1. The molecule has 0 radical (unpaired) electrons. The molecule has 0 saturated carbocycles. The Morgan fingerprint density at radius 1 is 1.35 bits per heavy atom. The Morgan fingerprint density at radius 3 is 2.81 bits per heavy atom. The Kier molecular flexibility index (Phi) is 6.16. The number of thiazole rings is 1. The van der Waals surface area contributed by atoms with E-state index in [1.165, 1.54) is 23.6 Å². The predicted molar refractivity (Wildman–Crippen MR) is 101 cm³/mol. The molecule has 3 rings (SSSR count). The average molecular weight is 436 g/mol. The highest BCUT2D eigenvalue weighted by molar-refractivity contribution is 7.89. The van der Waals surface area contributed by atoms with Crippen LogP contribution in [-0.4, -0.2) is 38.6 Å². The number of ether oxygens (including phenoxy) is 1. The summed E-state index contributed by atoms with van der Waals surface area (Å²) in [5.41, 5.74) is -0.0104. The molecule has 0 spiro atoms. The van der Waals surface area contributed by atoms with E-state index in [1.807, 2.05) is 0 Å². The third-order valence-corrected chi connectivity index (χ3v) is 6.62. The highest BCUT2D eigenvalue weighted by Crippen LogP contribution is 2.29. The van der Waals surface area contributed by atoms with Crippen molar-refractivity contribution in [2.24, 2.45) is 0 Å². The molecule has 0 bridgehead atoms. The summed E-state index contributed by atoms with van der Waals surface area (Å²) < 4.78 is 33.0. The SMILES string of the molecule is O=C(Nc1nccs1)c1cc(S(=O)(=O)NC[C@@H]2CCCO2)c(Cl)cc1Cl. The van der Waals surface area contributed by atoms with Crippen molar-refractivity contribution in [2.75, 3.05) is 18.5 Å². The van der Waals surface area contributed by atoms with Gasteiger partial charge in [0.1, 0.15) is 4.90 Å². The second-order valence-electron chi connectivity index (χ2n) is 5.54. The largest absolute Gasteiger partial charge is 0.377 e. The van der Waals surface area contributed by atoms with Crippen molar-refractivity contribution in [3.05, 3.63) is 39.3 Å². The van der Waals surface area contributed by atoms with E-state index in [-0.39, 0.29) is 33.2 Å². The van der Waals surface area contributed by atoms with E-state index in [4.69, 9.17) is 27.9 Å². The van der Waals surface area contributed by atoms with Crippen LogP contribution in [0.5, 0.6) is 0 Å². The third kappa shape index (κ3) is 4.54. The van der Waals surface area contributed by atoms with Crippen molar-refractivity contribution in [2.45, 2.75) is 23.8 Å². The van der Waals surface area contributed by atoms with Gasteiger partial charge in [-0.05, 0) is 25.0 Å². The molecular formula is C15H15Cl2N3O4S2. The highest BCUT2D eigenvalue weighted by Gasteiger charge is 2.25. The second-order valence-corrected chi connectivity index (χ2v) is 8.99. The molecule has 1 aliphatic heterocycles. The standard InChI is InChI=1S/C15H15Cl2N3O4S2/c16-11-7-12(17)13(26(22,23)19-8-9-2-1-4-24-9)6-10(11)14(21)20-15-18-3-5-25-15/h3,5-7,9,19H,1-2,4,8H2,(H,18,20,21)/t9-/m0/s1. The van der Waals surface area contributed by atoms with Crippen molar-refractivity contribution in [1.29, 1.82) is 0 Å². The molecule has 1 saturated heterocycles. The average Bonchev–Trinajstić information content (AvgIpc) is 3.26. The molecule has 2 heterocycles. The molecule has 140 valence electrons. The number of aromatic nitrogens is 1. The number of anilines is 1. The van der Waals surface area contributed by atoms with Crippen LogP contribution in [0.4, 0.5) is 5.13 Å². The van der Waals surface area contributed by atoms with E-state index >= 15 is 0 Å². The van der Waals surface area contributed by atoms with Gasteiger partial charge in [-0.1, -0.05) is 23.2 Å². The molecule has 7 nitrogen and oxygen atoms in total. The van der Waals surface area contributed by atoms with Crippen LogP contribution in [0.2, 0.25) is 10.0 Å². The fraction of sp³-hybridized carbons (Fsp3) is 0.333. The molecule has 1 atom stereocenters. The van der Waals surface area contributed by atoms with Crippen LogP contribution in [0.25, 0.3) is 0 Å². The first-order valence-corrected chi connectivity index (χ1v) is 10.8. The van der Waals surface area contributed by atoms with Gasteiger partial charge in [-0.2, -0.15) is 0 Å². The summed E-state index contributed by atoms with van der Waals surface area (Å²) in [5, 5.41) is 4.61. The number of sulfonamides is 1. The first kappa shape index (κ1) is 19.5. The van der Waals surface area contributed by atoms with Crippen LogP contribution in [-0.2, 0) is 14.8 Å². The molecule has 26 heavy (non-hydrogen) atoms. The molecule has 1 fully saturated rings. The molecule has 1 amide bonds. The van der Waals surface area contributed by atoms with E-state index in [0.29, 0.717) is 11.7 Å². The number of benzene rings is 1. The zero-order valence-electron chi connectivity index (χ0n) is 13.4. The number of rotatable bonds is 6. The van der Waals surface area contributed by atoms with Crippen molar-refractivity contribution in [3.63, 3.8) is 0 Å². The predicted octanol–water partition coefficient (Wildman–Crippen LogP) is 3.16. The zero-order valence-corrected chi connectivity index (χ0v) is 16.5. The topological polar surface area (TPSA) is 97.4 Å². The second kappa shape index (κ2) is 8.20. The van der Waals surface area contributed by atoms with Crippen LogP contribution in [0.1, 0.15) is 23.2 Å². The van der Waals surface area contributed by atoms with Gasteiger partial charge >= 0.3 is 0 Å². The monoisotopic (exact) mass is 435 g/mol. The number of nitrogens with one attached hydrogen (secondary N) is 2. The number of carbonyl (C=O) groups excluding carboxylic acids is 1. The summed E-state index contributed by atoms with van der Waals surface area (Å²) in [7, 11) is -3.93. The summed E-state index contributed by atoms with van der Waals surface area (Å²) in [5.74, 6) is -0.572. The third-order valence-electron chi connectivity index (χ3n) is 3.73. The highest BCUT2D eigenvalue weighted by atomic mass is 35.5. The minimum atomic E-state index is -3.93. The van der Waals surface area contributed by atoms with Gasteiger partial charge in [-0.15, -0.1) is 11.3 Å². The van der Waals surface area contributed by atoms with Gasteiger partial charge in [-0.25, -0.2) is 18.1 Å². The molecule has 1 aromatic heterocycles. The first-order chi connectivity index (χ1) is 12.4. The number of hydrogen-bond donors (Lipinski definition) is 2. The lowest BCUT2D eigenvalue weighted by Crippen LogP contribution is -2.32. The minimum absolute atomic E-state index is 0.0104. The summed E-state index contributed by atoms with van der Waals surface area (Å²) >= 11 is 13.4. The molecule has 11 heteroatoms. The minimum Gasteiger partial charge on any atom is -0.377 e. The molecule has 0 aliphatic carbocycles. The van der Waals surface area contributed by atoms with Gasteiger partial charge in [0.15, 0.2) is 5.13 Å². The van der Waals surface area contributed by atoms with Crippen LogP contribution in [0.15, 0.2) is 28.6 Å². The Hall–Kier alpha value is -1.23. The fourth-order valence-corrected chi connectivity index (χ4v) is 4.89. The van der Waals surface area contributed by atoms with Gasteiger partial charge in [0, 0.05) is 24.7 Å². The summed E-state index contributed by atoms with van der Waals surface area (Å²) in [6.07, 6.45) is 3.06. The van der Waals surface area contributed by atoms with E-state index in [1.54, 1.807) is 5.38 Å². The Bertz CT molecular complexity index is 898. The smallest absolute Gasteiger partial charge is 0.259 e. The zero-order chi connectivity index (χ0) is 18.7. The van der Waals surface area contributed by atoms with Crippen LogP contribution >= 0.6 is 34.5 Å². The van der Waals surface area contributed by atoms with Crippen molar-refractivity contribution >= 4 is 55.6 Å². The molecule has 2 N–H and O–H groups in total.